The minimum Gasteiger partial charge on any atom is -0.396 e. The smallest absolute Gasteiger partial charge is 0.0436 e. The number of rotatable bonds is 4. The zero-order chi connectivity index (χ0) is 9.03. The van der Waals surface area contributed by atoms with E-state index in [0.29, 0.717) is 12.6 Å². The quantitative estimate of drug-likeness (QED) is 0.676. The summed E-state index contributed by atoms with van der Waals surface area (Å²) in [6.45, 7) is 2.44. The Hall–Kier alpha value is -0.0800. The highest BCUT2D eigenvalue weighted by molar-refractivity contribution is 4.92. The van der Waals surface area contributed by atoms with Crippen LogP contribution >= 0.6 is 0 Å². The lowest BCUT2D eigenvalue weighted by molar-refractivity contribution is 0.150. The van der Waals surface area contributed by atoms with Crippen molar-refractivity contribution in [2.45, 2.75) is 51.5 Å². The van der Waals surface area contributed by atoms with Crippen molar-refractivity contribution in [3.05, 3.63) is 0 Å². The molecule has 1 aliphatic carbocycles. The molecule has 0 aromatic carbocycles. The summed E-state index contributed by atoms with van der Waals surface area (Å²) in [7, 11) is 0. The third-order valence-corrected chi connectivity index (χ3v) is 3.44. The van der Waals surface area contributed by atoms with E-state index in [1.807, 2.05) is 0 Å². The van der Waals surface area contributed by atoms with Gasteiger partial charge in [0.1, 0.15) is 0 Å². The predicted molar refractivity (Wildman–Crippen MR) is 50.9 cm³/mol. The molecule has 72 valence electrons. The topological polar surface area (TPSA) is 46.2 Å². The summed E-state index contributed by atoms with van der Waals surface area (Å²) in [5.74, 6) is 0. The van der Waals surface area contributed by atoms with E-state index in [-0.39, 0.29) is 5.41 Å². The first-order chi connectivity index (χ1) is 5.75. The Bertz CT molecular complexity index is 130. The van der Waals surface area contributed by atoms with Gasteiger partial charge in [-0.15, -0.1) is 0 Å². The van der Waals surface area contributed by atoms with Gasteiger partial charge in [0.2, 0.25) is 0 Å². The Morgan fingerprint density at radius 3 is 2.42 bits per heavy atom. The average molecular weight is 171 g/mol. The highest BCUT2D eigenvalue weighted by Crippen LogP contribution is 2.43. The van der Waals surface area contributed by atoms with Crippen LogP contribution < -0.4 is 5.73 Å². The maximum Gasteiger partial charge on any atom is 0.0436 e. The highest BCUT2D eigenvalue weighted by atomic mass is 16.3. The summed E-state index contributed by atoms with van der Waals surface area (Å²) < 4.78 is 0. The molecule has 0 aromatic heterocycles. The van der Waals surface area contributed by atoms with Crippen molar-refractivity contribution in [3.63, 3.8) is 0 Å². The number of nitrogens with two attached hydrogens (primary N) is 1. The fourth-order valence-corrected chi connectivity index (χ4v) is 2.54. The molecule has 0 heterocycles. The second kappa shape index (κ2) is 4.24. The van der Waals surface area contributed by atoms with E-state index >= 15 is 0 Å². The number of aliphatic hydroxyl groups is 1. The van der Waals surface area contributed by atoms with E-state index in [1.54, 1.807) is 0 Å². The number of hydrogen-bond acceptors (Lipinski definition) is 2. The second-order valence-corrected chi connectivity index (χ2v) is 4.06. The van der Waals surface area contributed by atoms with Crippen LogP contribution in [0.15, 0.2) is 0 Å². The molecule has 0 radical (unpaired) electrons. The first-order valence-corrected chi connectivity index (χ1v) is 5.11. The lowest BCUT2D eigenvalue weighted by Crippen LogP contribution is -2.40. The van der Waals surface area contributed by atoms with Gasteiger partial charge in [0.15, 0.2) is 0 Å². The Morgan fingerprint density at radius 2 is 2.00 bits per heavy atom. The summed E-state index contributed by atoms with van der Waals surface area (Å²) in [6, 6.07) is 0.298. The van der Waals surface area contributed by atoms with Gasteiger partial charge in [-0.3, -0.25) is 0 Å². The van der Waals surface area contributed by atoms with Gasteiger partial charge in [-0.2, -0.15) is 0 Å². The van der Waals surface area contributed by atoms with Crippen molar-refractivity contribution < 1.29 is 5.11 Å². The molecule has 3 N–H and O–H groups in total. The van der Waals surface area contributed by atoms with Crippen LogP contribution in [0.25, 0.3) is 0 Å². The van der Waals surface area contributed by atoms with Crippen LogP contribution in [-0.4, -0.2) is 17.8 Å². The molecule has 0 aliphatic heterocycles. The largest absolute Gasteiger partial charge is 0.396 e. The summed E-state index contributed by atoms with van der Waals surface area (Å²) in [6.07, 6.45) is 6.99. The van der Waals surface area contributed by atoms with Gasteiger partial charge in [-0.05, 0) is 31.1 Å². The van der Waals surface area contributed by atoms with Crippen LogP contribution in [0.5, 0.6) is 0 Å². The maximum atomic E-state index is 8.98. The van der Waals surface area contributed by atoms with E-state index in [2.05, 4.69) is 6.92 Å². The monoisotopic (exact) mass is 171 g/mol. The van der Waals surface area contributed by atoms with E-state index in [4.69, 9.17) is 10.8 Å². The zero-order valence-corrected chi connectivity index (χ0v) is 8.05. The van der Waals surface area contributed by atoms with Crippen molar-refractivity contribution in [1.82, 2.24) is 0 Å². The molecule has 0 saturated heterocycles. The molecule has 0 aromatic rings. The summed E-state index contributed by atoms with van der Waals surface area (Å²) in [5, 5.41) is 8.98. The van der Waals surface area contributed by atoms with Crippen LogP contribution in [0, 0.1) is 5.41 Å². The summed E-state index contributed by atoms with van der Waals surface area (Å²) in [4.78, 5) is 0. The van der Waals surface area contributed by atoms with Crippen molar-refractivity contribution in [3.8, 4) is 0 Å². The Labute approximate surface area is 75.2 Å². The molecule has 12 heavy (non-hydrogen) atoms. The Kier molecular flexibility index (Phi) is 3.53. The molecule has 0 amide bonds. The van der Waals surface area contributed by atoms with Crippen molar-refractivity contribution in [2.24, 2.45) is 11.1 Å². The van der Waals surface area contributed by atoms with Crippen LogP contribution in [0.1, 0.15) is 45.4 Å². The average Bonchev–Trinajstić information content (AvgIpc) is 2.53. The lowest BCUT2D eigenvalue weighted by atomic mass is 9.75. The van der Waals surface area contributed by atoms with E-state index in [9.17, 15) is 0 Å². The van der Waals surface area contributed by atoms with Gasteiger partial charge in [0.05, 0.1) is 0 Å². The van der Waals surface area contributed by atoms with Gasteiger partial charge >= 0.3 is 0 Å². The molecule has 0 spiro atoms. The Balaban J connectivity index is 2.57. The van der Waals surface area contributed by atoms with E-state index in [1.165, 1.54) is 25.7 Å². The van der Waals surface area contributed by atoms with Gasteiger partial charge in [-0.1, -0.05) is 19.8 Å². The molecule has 1 unspecified atom stereocenters. The molecular formula is C10H21NO. The van der Waals surface area contributed by atoms with E-state index < -0.39 is 0 Å². The third-order valence-electron chi connectivity index (χ3n) is 3.44. The lowest BCUT2D eigenvalue weighted by Gasteiger charge is -2.34. The maximum absolute atomic E-state index is 8.98. The van der Waals surface area contributed by atoms with Gasteiger partial charge < -0.3 is 10.8 Å². The SMILES string of the molecule is CCC(N)C1(CCO)CCCC1. The molecule has 2 heteroatoms. The molecule has 1 saturated carbocycles. The normalized spacial score (nSPS) is 24.2. The first kappa shape index (κ1) is 10.0. The van der Waals surface area contributed by atoms with Crippen LogP contribution in [0.4, 0.5) is 0 Å². The standard InChI is InChI=1S/C10H21NO/c1-2-9(11)10(7-8-12)5-3-4-6-10/h9,12H,2-8,11H2,1H3. The van der Waals surface area contributed by atoms with Gasteiger partial charge in [0.25, 0.3) is 0 Å². The van der Waals surface area contributed by atoms with Crippen molar-refractivity contribution >= 4 is 0 Å². The Morgan fingerprint density at radius 1 is 1.42 bits per heavy atom. The molecule has 2 nitrogen and oxygen atoms in total. The minimum atomic E-state index is 0.281. The molecule has 0 bridgehead atoms. The first-order valence-electron chi connectivity index (χ1n) is 5.11. The van der Waals surface area contributed by atoms with Crippen LogP contribution in [0.3, 0.4) is 0 Å². The molecule has 1 fully saturated rings. The highest BCUT2D eigenvalue weighted by Gasteiger charge is 2.37. The molecule has 1 atom stereocenters. The minimum absolute atomic E-state index is 0.281. The van der Waals surface area contributed by atoms with Crippen molar-refractivity contribution in [1.29, 1.82) is 0 Å². The fraction of sp³-hybridized carbons (Fsp3) is 1.00. The van der Waals surface area contributed by atoms with Crippen molar-refractivity contribution in [2.75, 3.05) is 6.61 Å². The van der Waals surface area contributed by atoms with Crippen LogP contribution in [0.2, 0.25) is 0 Å². The van der Waals surface area contributed by atoms with Crippen LogP contribution in [-0.2, 0) is 0 Å². The number of hydrogen-bond donors (Lipinski definition) is 2. The predicted octanol–water partition coefficient (Wildman–Crippen LogP) is 1.67. The second-order valence-electron chi connectivity index (χ2n) is 4.06. The molecule has 1 aliphatic rings. The number of aliphatic hydroxyl groups excluding tert-OH is 1. The zero-order valence-electron chi connectivity index (χ0n) is 8.05. The molecule has 1 rings (SSSR count). The van der Waals surface area contributed by atoms with Gasteiger partial charge in [-0.25, -0.2) is 0 Å². The molecular weight excluding hydrogens is 150 g/mol. The van der Waals surface area contributed by atoms with E-state index in [0.717, 1.165) is 12.8 Å². The van der Waals surface area contributed by atoms with Gasteiger partial charge in [0, 0.05) is 12.6 Å². The third kappa shape index (κ3) is 1.80. The summed E-state index contributed by atoms with van der Waals surface area (Å²) in [5.41, 5.74) is 6.37. The fourth-order valence-electron chi connectivity index (χ4n) is 2.54. The summed E-state index contributed by atoms with van der Waals surface area (Å²) >= 11 is 0.